The molecule has 0 radical (unpaired) electrons. The van der Waals surface area contributed by atoms with Gasteiger partial charge >= 0.3 is 65.7 Å². The topological polar surface area (TPSA) is 86.3 Å². The van der Waals surface area contributed by atoms with Crippen LogP contribution in [0.25, 0.3) is 0 Å². The summed E-state index contributed by atoms with van der Waals surface area (Å²) in [5.41, 5.74) is 1.04. The van der Waals surface area contributed by atoms with Gasteiger partial charge in [-0.1, -0.05) is 0 Å². The van der Waals surface area contributed by atoms with Crippen molar-refractivity contribution in [2.24, 2.45) is 0 Å². The van der Waals surface area contributed by atoms with E-state index in [1.807, 2.05) is 0 Å². The molecule has 0 fully saturated rings. The first kappa shape index (κ1) is 14.2. The van der Waals surface area contributed by atoms with E-state index in [2.05, 4.69) is 4.74 Å². The third-order valence-electron chi connectivity index (χ3n) is 1.31. The average Bonchev–Trinajstić information content (AvgIpc) is 2.03. The van der Waals surface area contributed by atoms with Gasteiger partial charge in [-0.3, -0.25) is 0 Å². The zero-order valence-corrected chi connectivity index (χ0v) is 7.10. The molecule has 0 aliphatic rings. The maximum Gasteiger partial charge on any atom is -0.870 e. The largest absolute Gasteiger partial charge is 0.870 e. The molecule has 0 aliphatic heterocycles. The Morgan fingerprint density at radius 1 is 1.38 bits per heavy atom. The van der Waals surface area contributed by atoms with Gasteiger partial charge in [-0.05, 0) is 0 Å². The van der Waals surface area contributed by atoms with Crippen LogP contribution in [-0.2, 0) is 4.74 Å². The quantitative estimate of drug-likeness (QED) is 0.446. The van der Waals surface area contributed by atoms with E-state index >= 15 is 0 Å². The summed E-state index contributed by atoms with van der Waals surface area (Å²) in [5, 5.41) is 0. The molecule has 1 aromatic carbocycles. The zero-order valence-electron chi connectivity index (χ0n) is 7.10. The van der Waals surface area contributed by atoms with Crippen molar-refractivity contribution in [2.45, 2.75) is 0 Å². The van der Waals surface area contributed by atoms with E-state index < -0.39 is 0 Å². The Kier molecular flexibility index (Phi) is 6.80. The third kappa shape index (κ3) is 3.73. The molecule has 0 heterocycles. The molecule has 1 rings (SSSR count). The van der Waals surface area contributed by atoms with Crippen molar-refractivity contribution in [3.63, 3.8) is 0 Å². The minimum Gasteiger partial charge on any atom is -0.870 e. The zero-order chi connectivity index (χ0) is 8.27. The summed E-state index contributed by atoms with van der Waals surface area (Å²) in [5.74, 6) is -0.364. The number of carbonyl (C=O) groups is 1. The molecule has 5 heteroatoms. The molecule has 0 saturated carbocycles. The van der Waals surface area contributed by atoms with Crippen molar-refractivity contribution >= 4 is 19.3 Å². The number of methoxy groups -OCH3 is 1. The molecular formula is C8H9BO4. The van der Waals surface area contributed by atoms with Crippen LogP contribution >= 0.6 is 0 Å². The molecule has 68 valence electrons. The molecule has 2 N–H and O–H groups in total. The van der Waals surface area contributed by atoms with Crippen LogP contribution in [0, 0.1) is 0 Å². The van der Waals surface area contributed by atoms with Crippen LogP contribution in [0.4, 0.5) is 0 Å². The fourth-order valence-electron chi connectivity index (χ4n) is 0.783. The summed E-state index contributed by atoms with van der Waals surface area (Å²) < 4.78 is 4.50. The molecule has 0 unspecified atom stereocenters. The van der Waals surface area contributed by atoms with Crippen LogP contribution < -0.4 is 5.46 Å². The average molecular weight is 180 g/mol. The molecule has 0 saturated heterocycles. The monoisotopic (exact) mass is 180 g/mol. The van der Waals surface area contributed by atoms with Gasteiger partial charge in [0.1, 0.15) is 0 Å². The van der Waals surface area contributed by atoms with Crippen LogP contribution in [0.2, 0.25) is 0 Å². The second-order valence-corrected chi connectivity index (χ2v) is 2.12. The Labute approximate surface area is 77.5 Å². The first-order chi connectivity index (χ1) is 5.24. The van der Waals surface area contributed by atoms with E-state index in [9.17, 15) is 4.79 Å². The van der Waals surface area contributed by atoms with Gasteiger partial charge in [0, 0.05) is 0 Å². The van der Waals surface area contributed by atoms with E-state index in [1.54, 1.807) is 24.3 Å². The fourth-order valence-corrected chi connectivity index (χ4v) is 0.783. The van der Waals surface area contributed by atoms with Gasteiger partial charge in [0.2, 0.25) is 0 Å². The van der Waals surface area contributed by atoms with E-state index in [4.69, 9.17) is 7.85 Å². The van der Waals surface area contributed by atoms with Crippen LogP contribution in [0.1, 0.15) is 10.4 Å². The smallest absolute Gasteiger partial charge is 0.870 e. The summed E-state index contributed by atoms with van der Waals surface area (Å²) in [7, 11) is 6.78. The number of rotatable bonds is 1. The van der Waals surface area contributed by atoms with E-state index in [0.717, 1.165) is 0 Å². The minimum absolute atomic E-state index is 0. The molecule has 0 amide bonds. The second kappa shape index (κ2) is 6.22. The van der Waals surface area contributed by atoms with Crippen LogP contribution in [0.15, 0.2) is 24.3 Å². The Morgan fingerprint density at radius 3 is 2.46 bits per heavy atom. The van der Waals surface area contributed by atoms with Crippen molar-refractivity contribution in [1.29, 1.82) is 0 Å². The first-order valence-corrected chi connectivity index (χ1v) is 3.18. The molecule has 0 atom stereocenters. The van der Waals surface area contributed by atoms with Gasteiger partial charge in [0.25, 0.3) is 0 Å². The summed E-state index contributed by atoms with van der Waals surface area (Å²) in [6, 6.07) is 6.65. The van der Waals surface area contributed by atoms with E-state index in [1.165, 1.54) is 7.11 Å². The normalized spacial score (nSPS) is 7.92. The second-order valence-electron chi connectivity index (χ2n) is 2.12. The predicted octanol–water partition coefficient (Wildman–Crippen LogP) is -0.0866. The van der Waals surface area contributed by atoms with Crippen molar-refractivity contribution in [3.8, 4) is 0 Å². The number of hydrogen-bond acceptors (Lipinski definition) is 4. The van der Waals surface area contributed by atoms with Gasteiger partial charge in [-0.2, -0.15) is 0 Å². The van der Waals surface area contributed by atoms with Gasteiger partial charge in [-0.15, -0.1) is 0 Å². The van der Waals surface area contributed by atoms with Gasteiger partial charge < -0.3 is 11.0 Å². The van der Waals surface area contributed by atoms with Crippen molar-refractivity contribution in [3.05, 3.63) is 29.8 Å². The predicted molar refractivity (Wildman–Crippen MR) is 47.0 cm³/mol. The molecule has 0 aliphatic carbocycles. The standard InChI is InChI=1S/C8H7BO2.2H2O/c1-11-8(10)6-3-2-4-7(9)5-6;;/h2-5H,1H3;2*1H2/q+2;;/p-2. The number of carbonyl (C=O) groups excluding carboxylic acids is 1. The molecule has 13 heavy (non-hydrogen) atoms. The summed E-state index contributed by atoms with van der Waals surface area (Å²) in [6.45, 7) is 0. The summed E-state index contributed by atoms with van der Waals surface area (Å²) in [4.78, 5) is 10.9. The molecule has 4 nitrogen and oxygen atoms in total. The van der Waals surface area contributed by atoms with Crippen LogP contribution in [0.3, 0.4) is 0 Å². The van der Waals surface area contributed by atoms with E-state index in [-0.39, 0.29) is 16.9 Å². The molecule has 1 aromatic rings. The molecule has 0 spiro atoms. The first-order valence-electron chi connectivity index (χ1n) is 3.18. The number of benzene rings is 1. The van der Waals surface area contributed by atoms with Gasteiger partial charge in [0.05, 0.1) is 0 Å². The van der Waals surface area contributed by atoms with Gasteiger partial charge in [0.15, 0.2) is 0 Å². The third-order valence-corrected chi connectivity index (χ3v) is 1.31. The van der Waals surface area contributed by atoms with E-state index in [0.29, 0.717) is 11.0 Å². The Morgan fingerprint density at radius 2 is 2.00 bits per heavy atom. The summed E-state index contributed by atoms with van der Waals surface area (Å²) >= 11 is 0. The molecule has 0 bridgehead atoms. The summed E-state index contributed by atoms with van der Waals surface area (Å²) in [6.07, 6.45) is 0. The molecule has 0 aromatic heterocycles. The van der Waals surface area contributed by atoms with Crippen molar-refractivity contribution < 1.29 is 20.5 Å². The van der Waals surface area contributed by atoms with Crippen LogP contribution in [-0.4, -0.2) is 31.9 Å². The van der Waals surface area contributed by atoms with Gasteiger partial charge in [-0.25, -0.2) is 0 Å². The van der Waals surface area contributed by atoms with Crippen molar-refractivity contribution in [2.75, 3.05) is 7.11 Å². The Hall–Kier alpha value is -1.33. The number of esters is 1. The van der Waals surface area contributed by atoms with Crippen LogP contribution in [0.5, 0.6) is 0 Å². The fraction of sp³-hybridized carbons (Fsp3) is 0.125. The maximum absolute atomic E-state index is 10.9. The Bertz CT molecular complexity index is 275. The number of ether oxygens (including phenoxy) is 1. The molecular weight excluding hydrogens is 171 g/mol. The Balaban J connectivity index is 0. The minimum atomic E-state index is -0.364. The SMILES string of the molecule is [B+2]c1cccc(C(=O)OC)c1.[OH-].[OH-]. The number of hydrogen-bond donors (Lipinski definition) is 0. The maximum atomic E-state index is 10.9. The van der Waals surface area contributed by atoms with Crippen molar-refractivity contribution in [1.82, 2.24) is 0 Å².